The highest BCUT2D eigenvalue weighted by molar-refractivity contribution is 6.23. The van der Waals surface area contributed by atoms with Gasteiger partial charge in [0, 0.05) is 22.0 Å². The molecule has 0 radical (unpaired) electrons. The molecule has 0 spiro atoms. The van der Waals surface area contributed by atoms with Crippen LogP contribution in [0.5, 0.6) is 0 Å². The number of hydrogen-bond donors (Lipinski definition) is 0. The number of benzene rings is 9. The van der Waals surface area contributed by atoms with Gasteiger partial charge in [0.05, 0.1) is 11.4 Å². The molecule has 9 rings (SSSR count). The van der Waals surface area contributed by atoms with E-state index in [-0.39, 0.29) is 0 Å². The lowest BCUT2D eigenvalue weighted by atomic mass is 9.89. The van der Waals surface area contributed by atoms with Crippen LogP contribution in [0.1, 0.15) is 0 Å². The minimum absolute atomic E-state index is 1.11. The molecule has 0 N–H and O–H groups in total. The normalized spacial score (nSPS) is 11.4. The summed E-state index contributed by atoms with van der Waals surface area (Å²) >= 11 is 0. The molecule has 0 fully saturated rings. The molecule has 9 aromatic rings. The first-order valence-electron chi connectivity index (χ1n) is 16.2. The highest BCUT2D eigenvalue weighted by Crippen LogP contribution is 2.50. The van der Waals surface area contributed by atoms with Crippen LogP contribution in [0, 0.1) is 0 Å². The van der Waals surface area contributed by atoms with Gasteiger partial charge in [-0.2, -0.15) is 0 Å². The molecule has 0 aromatic heterocycles. The minimum atomic E-state index is 1.11. The van der Waals surface area contributed by atoms with Crippen molar-refractivity contribution in [3.63, 3.8) is 0 Å². The van der Waals surface area contributed by atoms with Gasteiger partial charge in [-0.05, 0) is 67.2 Å². The average Bonchev–Trinajstić information content (AvgIpc) is 3.15. The molecule has 0 atom stereocenters. The Kier molecular flexibility index (Phi) is 6.54. The number of anilines is 3. The van der Waals surface area contributed by atoms with Crippen LogP contribution in [0.15, 0.2) is 188 Å². The van der Waals surface area contributed by atoms with Crippen molar-refractivity contribution in [2.75, 3.05) is 4.90 Å². The largest absolute Gasteiger partial charge is 0.309 e. The topological polar surface area (TPSA) is 3.24 Å². The van der Waals surface area contributed by atoms with Crippen molar-refractivity contribution in [3.05, 3.63) is 188 Å². The summed E-state index contributed by atoms with van der Waals surface area (Å²) in [5.74, 6) is 0. The fourth-order valence-corrected chi connectivity index (χ4v) is 7.31. The highest BCUT2D eigenvalue weighted by Gasteiger charge is 2.24. The molecule has 1 heteroatoms. The van der Waals surface area contributed by atoms with E-state index >= 15 is 0 Å². The second-order valence-corrected chi connectivity index (χ2v) is 12.1. The molecule has 9 aromatic carbocycles. The lowest BCUT2D eigenvalue weighted by Gasteiger charge is -2.31. The molecule has 0 heterocycles. The lowest BCUT2D eigenvalue weighted by Crippen LogP contribution is -2.13. The van der Waals surface area contributed by atoms with Gasteiger partial charge in [-0.3, -0.25) is 0 Å². The number of nitrogens with zero attached hydrogens (tertiary/aromatic N) is 1. The predicted octanol–water partition coefficient (Wildman–Crippen LogP) is 13.1. The molecule has 0 aliphatic rings. The summed E-state index contributed by atoms with van der Waals surface area (Å²) in [7, 11) is 0. The first-order valence-corrected chi connectivity index (χ1v) is 16.2. The molecule has 0 aliphatic carbocycles. The molecule has 0 saturated heterocycles. The predicted molar refractivity (Wildman–Crippen MR) is 202 cm³/mol. The molecular weight excluding hydrogens is 567 g/mol. The van der Waals surface area contributed by atoms with Gasteiger partial charge in [0.15, 0.2) is 0 Å². The first kappa shape index (κ1) is 27.2. The standard InChI is InChI=1S/C46H31N/c1-2-16-35(17-3-1)45-42-24-10-8-22-40(42)41-23-9-11-25-43(41)46(45)47(44-27-13-19-33-15-5-7-21-39(33)44)36-30-28-34(29-31-36)38-26-12-18-32-14-4-6-20-37(32)38/h1-31H. The Morgan fingerprint density at radius 2 is 0.809 bits per heavy atom. The molecule has 0 saturated carbocycles. The molecule has 1 nitrogen and oxygen atoms in total. The fraction of sp³-hybridized carbons (Fsp3) is 0. The van der Waals surface area contributed by atoms with Gasteiger partial charge in [-0.15, -0.1) is 0 Å². The minimum Gasteiger partial charge on any atom is -0.309 e. The second-order valence-electron chi connectivity index (χ2n) is 12.1. The molecule has 47 heavy (non-hydrogen) atoms. The van der Waals surface area contributed by atoms with E-state index in [1.165, 1.54) is 71.0 Å². The highest BCUT2D eigenvalue weighted by atomic mass is 15.1. The Morgan fingerprint density at radius 1 is 0.298 bits per heavy atom. The molecule has 0 aliphatic heterocycles. The average molecular weight is 598 g/mol. The zero-order chi connectivity index (χ0) is 31.2. The van der Waals surface area contributed by atoms with Crippen molar-refractivity contribution in [1.29, 1.82) is 0 Å². The fourth-order valence-electron chi connectivity index (χ4n) is 7.31. The summed E-state index contributed by atoms with van der Waals surface area (Å²) in [6.45, 7) is 0. The van der Waals surface area contributed by atoms with Crippen molar-refractivity contribution in [3.8, 4) is 22.3 Å². The SMILES string of the molecule is c1ccc(-c2c(N(c3ccc(-c4cccc5ccccc45)cc3)c3cccc4ccccc34)c3ccccc3c3ccccc23)cc1. The van der Waals surface area contributed by atoms with Crippen LogP contribution in [-0.4, -0.2) is 0 Å². The third-order valence-corrected chi connectivity index (χ3v) is 9.43. The summed E-state index contributed by atoms with van der Waals surface area (Å²) in [5.41, 5.74) is 8.32. The summed E-state index contributed by atoms with van der Waals surface area (Å²) in [6, 6.07) is 68.3. The van der Waals surface area contributed by atoms with Crippen molar-refractivity contribution in [1.82, 2.24) is 0 Å². The zero-order valence-electron chi connectivity index (χ0n) is 25.8. The third-order valence-electron chi connectivity index (χ3n) is 9.43. The lowest BCUT2D eigenvalue weighted by molar-refractivity contribution is 1.32. The molecule has 0 unspecified atom stereocenters. The summed E-state index contributed by atoms with van der Waals surface area (Å²) in [5, 5.41) is 9.91. The van der Waals surface area contributed by atoms with E-state index in [1.807, 2.05) is 0 Å². The molecule has 0 amide bonds. The zero-order valence-corrected chi connectivity index (χ0v) is 25.8. The van der Waals surface area contributed by atoms with Crippen molar-refractivity contribution >= 4 is 60.2 Å². The van der Waals surface area contributed by atoms with E-state index in [2.05, 4.69) is 193 Å². The summed E-state index contributed by atoms with van der Waals surface area (Å²) < 4.78 is 0. The van der Waals surface area contributed by atoms with Gasteiger partial charge < -0.3 is 4.90 Å². The number of fused-ring (bicyclic) bond motifs is 5. The molecule has 0 bridgehead atoms. The number of rotatable bonds is 5. The van der Waals surface area contributed by atoms with Gasteiger partial charge in [-0.25, -0.2) is 0 Å². The smallest absolute Gasteiger partial charge is 0.0625 e. The van der Waals surface area contributed by atoms with Crippen LogP contribution in [0.4, 0.5) is 17.1 Å². The Bertz CT molecular complexity index is 2550. The van der Waals surface area contributed by atoms with E-state index in [0.29, 0.717) is 0 Å². The van der Waals surface area contributed by atoms with Crippen molar-refractivity contribution in [2.45, 2.75) is 0 Å². The maximum atomic E-state index is 2.49. The Morgan fingerprint density at radius 3 is 1.53 bits per heavy atom. The van der Waals surface area contributed by atoms with Gasteiger partial charge in [0.2, 0.25) is 0 Å². The van der Waals surface area contributed by atoms with Gasteiger partial charge in [-0.1, -0.05) is 170 Å². The van der Waals surface area contributed by atoms with Crippen LogP contribution in [0.25, 0.3) is 65.3 Å². The number of hydrogen-bond acceptors (Lipinski definition) is 1. The molecular formula is C46H31N. The van der Waals surface area contributed by atoms with E-state index in [4.69, 9.17) is 0 Å². The van der Waals surface area contributed by atoms with Gasteiger partial charge in [0.25, 0.3) is 0 Å². The van der Waals surface area contributed by atoms with Crippen molar-refractivity contribution in [2.24, 2.45) is 0 Å². The first-order chi connectivity index (χ1) is 23.3. The van der Waals surface area contributed by atoms with Crippen LogP contribution < -0.4 is 4.90 Å². The van der Waals surface area contributed by atoms with Gasteiger partial charge in [0.1, 0.15) is 0 Å². The monoisotopic (exact) mass is 597 g/mol. The summed E-state index contributed by atoms with van der Waals surface area (Å²) in [6.07, 6.45) is 0. The molecule has 220 valence electrons. The van der Waals surface area contributed by atoms with Crippen LogP contribution in [-0.2, 0) is 0 Å². The Hall–Kier alpha value is -6.18. The van der Waals surface area contributed by atoms with Crippen LogP contribution in [0.3, 0.4) is 0 Å². The van der Waals surface area contributed by atoms with Crippen LogP contribution in [0.2, 0.25) is 0 Å². The van der Waals surface area contributed by atoms with E-state index < -0.39 is 0 Å². The summed E-state index contributed by atoms with van der Waals surface area (Å²) in [4.78, 5) is 2.49. The maximum Gasteiger partial charge on any atom is 0.0625 e. The van der Waals surface area contributed by atoms with Crippen LogP contribution >= 0.6 is 0 Å². The van der Waals surface area contributed by atoms with E-state index in [0.717, 1.165) is 11.4 Å². The van der Waals surface area contributed by atoms with Crippen molar-refractivity contribution < 1.29 is 0 Å². The quantitative estimate of drug-likeness (QED) is 0.178. The Balaban J connectivity index is 1.38. The Labute approximate surface area is 274 Å². The third kappa shape index (κ3) is 4.56. The van der Waals surface area contributed by atoms with E-state index in [1.54, 1.807) is 0 Å². The van der Waals surface area contributed by atoms with Gasteiger partial charge >= 0.3 is 0 Å². The maximum absolute atomic E-state index is 2.49. The second kappa shape index (κ2) is 11.3. The van der Waals surface area contributed by atoms with E-state index in [9.17, 15) is 0 Å².